The topological polar surface area (TPSA) is 64.6 Å². The molecule has 313 valence electrons. The van der Waals surface area contributed by atoms with Crippen molar-refractivity contribution < 1.29 is 19.5 Å². The molecule has 0 atom stereocenters. The molecular weight excluding hydrogens is 906 g/mol. The number of nitrogens with zero attached hydrogens (tertiary/aromatic N) is 5. The van der Waals surface area contributed by atoms with Gasteiger partial charge >= 0.3 is 19.5 Å². The van der Waals surface area contributed by atoms with E-state index in [0.717, 1.165) is 22.5 Å². The van der Waals surface area contributed by atoms with Gasteiger partial charge in [0.05, 0.1) is 27.5 Å². The smallest absolute Gasteiger partial charge is 0.357 e. The standard InChI is InChI=1S/C20H16N5.2C18H15P.Ru/c1-13-7-5-11-17(21-13)23-19-15-9-3-4-10-16(15)20(25-19)24-18-12-6-8-14(2)22-18;2*1-4-10-16(11-5-1)19(17-12-6-2-7-13-17)18-14-8-3-9-15-18;/h3-12H,1-2H3;2*1-15H;/q-1;;;+1/p+2. The third-order valence-corrected chi connectivity index (χ3v) is 15.6. The van der Waals surface area contributed by atoms with Gasteiger partial charge < -0.3 is 15.3 Å². The van der Waals surface area contributed by atoms with Gasteiger partial charge in [0.25, 0.3) is 0 Å². The maximum Gasteiger partial charge on any atom is 1.00 e. The second-order valence-electron chi connectivity index (χ2n) is 14.7. The Bertz CT molecular complexity index is 2500. The molecule has 0 saturated carbocycles. The molecule has 0 unspecified atom stereocenters. The van der Waals surface area contributed by atoms with Crippen molar-refractivity contribution in [2.24, 2.45) is 9.98 Å². The molecule has 1 radical (unpaired) electrons. The van der Waals surface area contributed by atoms with Crippen molar-refractivity contribution in [3.05, 3.63) is 270 Å². The molecule has 1 aliphatic heterocycles. The molecule has 0 spiro atoms. The van der Waals surface area contributed by atoms with E-state index in [1.54, 1.807) is 0 Å². The quantitative estimate of drug-likeness (QED) is 0.113. The van der Waals surface area contributed by atoms with Crippen LogP contribution in [0.1, 0.15) is 22.5 Å². The zero-order valence-electron chi connectivity index (χ0n) is 35.7. The molecule has 0 saturated heterocycles. The van der Waals surface area contributed by atoms with E-state index in [9.17, 15) is 0 Å². The van der Waals surface area contributed by atoms with E-state index < -0.39 is 15.8 Å². The number of aromatic nitrogens is 2. The summed E-state index contributed by atoms with van der Waals surface area (Å²) >= 11 is 0. The molecule has 10 rings (SSSR count). The number of hydrogen-bond donors (Lipinski definition) is 0. The third-order valence-electron chi connectivity index (χ3n) is 10.2. The average Bonchev–Trinajstić information content (AvgIpc) is 3.67. The summed E-state index contributed by atoms with van der Waals surface area (Å²) in [5.41, 5.74) is 3.76. The van der Waals surface area contributed by atoms with E-state index in [2.05, 4.69) is 207 Å². The van der Waals surface area contributed by atoms with Crippen molar-refractivity contribution in [2.75, 3.05) is 0 Å². The fourth-order valence-electron chi connectivity index (χ4n) is 7.29. The van der Waals surface area contributed by atoms with Crippen LogP contribution in [0.25, 0.3) is 5.32 Å². The molecule has 1 aliphatic rings. The van der Waals surface area contributed by atoms with Crippen LogP contribution in [0.2, 0.25) is 0 Å². The first-order valence-electron chi connectivity index (χ1n) is 21.0. The summed E-state index contributed by atoms with van der Waals surface area (Å²) in [7, 11) is -1.75. The Hall–Kier alpha value is -6.54. The second-order valence-corrected chi connectivity index (χ2v) is 19.7. The van der Waals surface area contributed by atoms with E-state index >= 15 is 0 Å². The molecule has 9 aromatic rings. The van der Waals surface area contributed by atoms with Crippen LogP contribution < -0.4 is 31.8 Å². The van der Waals surface area contributed by atoms with E-state index in [1.807, 2.05) is 74.5 Å². The fourth-order valence-corrected chi connectivity index (χ4v) is 12.4. The Kier molecular flexibility index (Phi) is 16.5. The number of amidine groups is 2. The molecule has 2 aromatic heterocycles. The number of fused-ring (bicyclic) bond motifs is 1. The van der Waals surface area contributed by atoms with Gasteiger partial charge in [-0.1, -0.05) is 146 Å². The predicted molar refractivity (Wildman–Crippen MR) is 273 cm³/mol. The van der Waals surface area contributed by atoms with Gasteiger partial charge in [0, 0.05) is 23.1 Å². The van der Waals surface area contributed by atoms with Crippen molar-refractivity contribution in [3.63, 3.8) is 0 Å². The zero-order chi connectivity index (χ0) is 43.1. The minimum atomic E-state index is -0.877. The largest absolute Gasteiger partial charge is 1.00 e. The summed E-state index contributed by atoms with van der Waals surface area (Å²) in [5.74, 6) is 2.53. The molecule has 0 amide bonds. The fraction of sp³-hybridized carbons (Fsp3) is 0.0357. The molecule has 3 heterocycles. The van der Waals surface area contributed by atoms with Crippen molar-refractivity contribution in [1.29, 1.82) is 0 Å². The molecule has 5 nitrogen and oxygen atoms in total. The molecule has 0 bridgehead atoms. The first-order valence-corrected chi connectivity index (χ1v) is 24.0. The number of rotatable bonds is 8. The van der Waals surface area contributed by atoms with Crippen LogP contribution in [-0.4, -0.2) is 21.6 Å². The van der Waals surface area contributed by atoms with Gasteiger partial charge in [0.2, 0.25) is 0 Å². The Morgan fingerprint density at radius 2 is 0.562 bits per heavy atom. The number of aliphatic imine (C=N–C) groups is 2. The Labute approximate surface area is 392 Å². The van der Waals surface area contributed by atoms with Gasteiger partial charge in [-0.3, -0.25) is 9.97 Å². The van der Waals surface area contributed by atoms with Crippen LogP contribution in [0.4, 0.5) is 11.6 Å². The summed E-state index contributed by atoms with van der Waals surface area (Å²) in [5, 5.41) is 13.2. The molecule has 0 aliphatic carbocycles. The summed E-state index contributed by atoms with van der Waals surface area (Å²) in [6.07, 6.45) is 0. The minimum Gasteiger partial charge on any atom is -0.357 e. The van der Waals surface area contributed by atoms with Crippen LogP contribution in [-0.2, 0) is 19.5 Å². The monoisotopic (exact) mass is 954 g/mol. The van der Waals surface area contributed by atoms with Crippen LogP contribution in [0.3, 0.4) is 0 Å². The number of pyridine rings is 2. The predicted octanol–water partition coefficient (Wildman–Crippen LogP) is 11.0. The van der Waals surface area contributed by atoms with Gasteiger partial charge in [-0.2, -0.15) is 0 Å². The van der Waals surface area contributed by atoms with Gasteiger partial charge in [-0.25, -0.2) is 0 Å². The number of hydrogen-bond acceptors (Lipinski definition) is 4. The van der Waals surface area contributed by atoms with E-state index in [-0.39, 0.29) is 19.5 Å². The maximum atomic E-state index is 4.63. The van der Waals surface area contributed by atoms with Crippen molar-refractivity contribution in [1.82, 2.24) is 9.97 Å². The first-order chi connectivity index (χ1) is 31.1. The Morgan fingerprint density at radius 1 is 0.312 bits per heavy atom. The Balaban J connectivity index is 0.000000144. The van der Waals surface area contributed by atoms with Gasteiger partial charge in [-0.15, -0.1) is 0 Å². The van der Waals surface area contributed by atoms with Gasteiger partial charge in [0.1, 0.15) is 31.8 Å². The minimum absolute atomic E-state index is 0. The number of benzene rings is 7. The summed E-state index contributed by atoms with van der Waals surface area (Å²) in [6.45, 7) is 3.89. The molecule has 64 heavy (non-hydrogen) atoms. The average molecular weight is 954 g/mol. The van der Waals surface area contributed by atoms with Crippen LogP contribution >= 0.6 is 15.8 Å². The van der Waals surface area contributed by atoms with E-state index in [1.165, 1.54) is 31.8 Å². The third kappa shape index (κ3) is 12.1. The van der Waals surface area contributed by atoms with Crippen molar-refractivity contribution >= 4 is 71.0 Å². The van der Waals surface area contributed by atoms with Crippen LogP contribution in [0, 0.1) is 13.8 Å². The van der Waals surface area contributed by atoms with E-state index in [0.29, 0.717) is 23.3 Å². The van der Waals surface area contributed by atoms with Crippen molar-refractivity contribution in [3.8, 4) is 0 Å². The Morgan fingerprint density at radius 3 is 0.812 bits per heavy atom. The summed E-state index contributed by atoms with van der Waals surface area (Å²) < 4.78 is 0. The second kappa shape index (κ2) is 23.2. The van der Waals surface area contributed by atoms with Crippen LogP contribution in [0.15, 0.2) is 253 Å². The molecule has 0 N–H and O–H groups in total. The first kappa shape index (κ1) is 45.5. The summed E-state index contributed by atoms with van der Waals surface area (Å²) in [4.78, 5) is 18.1. The summed E-state index contributed by atoms with van der Waals surface area (Å²) in [6, 6.07) is 84.4. The SMILES string of the molecule is Cc1cccc(N=C2[N-]C(=Nc3cccc(C)n3)c3ccccc32)n1.[Ru+].c1ccc([PH+](c2ccccc2)c2ccccc2)cc1.c1ccc([PH+](c2ccccc2)c2ccccc2)cc1. The maximum absolute atomic E-state index is 4.63. The zero-order valence-corrected chi connectivity index (χ0v) is 39.4. The number of aryl methyl sites for hydroxylation is 2. The van der Waals surface area contributed by atoms with Crippen molar-refractivity contribution in [2.45, 2.75) is 13.8 Å². The molecule has 8 heteroatoms. The van der Waals surface area contributed by atoms with Gasteiger partial charge in [-0.05, 0) is 122 Å². The molecule has 7 aromatic carbocycles. The molecular formula is C56H48N5P2Ru+2. The van der Waals surface area contributed by atoms with Gasteiger partial charge in [0.15, 0.2) is 0 Å². The normalized spacial score (nSPS) is 12.6. The van der Waals surface area contributed by atoms with E-state index in [4.69, 9.17) is 0 Å². The molecule has 0 fully saturated rings. The van der Waals surface area contributed by atoms with Crippen LogP contribution in [0.5, 0.6) is 0 Å².